The summed E-state index contributed by atoms with van der Waals surface area (Å²) in [6.07, 6.45) is 0.160. The van der Waals surface area contributed by atoms with Gasteiger partial charge in [0.2, 0.25) is 0 Å². The summed E-state index contributed by atoms with van der Waals surface area (Å²) in [5, 5.41) is 2.04. The highest BCUT2D eigenvalue weighted by molar-refractivity contribution is 7.10. The second kappa shape index (κ2) is 9.02. The molecule has 5 nitrogen and oxygen atoms in total. The molecule has 0 unspecified atom stereocenters. The van der Waals surface area contributed by atoms with Crippen molar-refractivity contribution in [2.24, 2.45) is 0 Å². The second-order valence-corrected chi connectivity index (χ2v) is 8.66. The summed E-state index contributed by atoms with van der Waals surface area (Å²) in [6, 6.07) is 15.7. The van der Waals surface area contributed by atoms with Gasteiger partial charge < -0.3 is 19.1 Å². The Morgan fingerprint density at radius 2 is 1.81 bits per heavy atom. The van der Waals surface area contributed by atoms with E-state index in [9.17, 15) is 4.79 Å². The van der Waals surface area contributed by atoms with Crippen molar-refractivity contribution in [2.75, 3.05) is 20.8 Å². The maximum Gasteiger partial charge on any atom is 0.264 e. The van der Waals surface area contributed by atoms with Crippen LogP contribution in [-0.4, -0.2) is 37.7 Å². The zero-order valence-corrected chi connectivity index (χ0v) is 19.1. The third-order valence-electron chi connectivity index (χ3n) is 5.65. The van der Waals surface area contributed by atoms with Crippen LogP contribution in [0.25, 0.3) is 0 Å². The van der Waals surface area contributed by atoms with Gasteiger partial charge in [-0.3, -0.25) is 4.79 Å². The van der Waals surface area contributed by atoms with Crippen LogP contribution in [0.1, 0.15) is 34.5 Å². The summed E-state index contributed by atoms with van der Waals surface area (Å²) in [6.45, 7) is 4.46. The first-order chi connectivity index (χ1) is 15.0. The molecule has 1 aliphatic rings. The summed E-state index contributed by atoms with van der Waals surface area (Å²) >= 11 is 1.65. The summed E-state index contributed by atoms with van der Waals surface area (Å²) in [5.41, 5.74) is 3.40. The van der Waals surface area contributed by atoms with Gasteiger partial charge in [-0.2, -0.15) is 0 Å². The Balaban J connectivity index is 1.67. The molecule has 31 heavy (non-hydrogen) atoms. The molecule has 2 atom stereocenters. The van der Waals surface area contributed by atoms with Gasteiger partial charge in [0.1, 0.15) is 5.75 Å². The van der Waals surface area contributed by atoms with E-state index in [1.807, 2.05) is 66.6 Å². The van der Waals surface area contributed by atoms with Crippen molar-refractivity contribution in [3.8, 4) is 17.2 Å². The number of thiophene rings is 1. The van der Waals surface area contributed by atoms with E-state index in [1.54, 1.807) is 25.6 Å². The van der Waals surface area contributed by atoms with Crippen molar-refractivity contribution in [1.82, 2.24) is 4.90 Å². The van der Waals surface area contributed by atoms with Crippen molar-refractivity contribution in [1.29, 1.82) is 0 Å². The maximum absolute atomic E-state index is 13.5. The Morgan fingerprint density at radius 1 is 1.10 bits per heavy atom. The Bertz CT molecular complexity index is 1050. The van der Waals surface area contributed by atoms with Crippen LogP contribution >= 0.6 is 11.3 Å². The summed E-state index contributed by atoms with van der Waals surface area (Å²) in [5.74, 6) is 2.05. The molecule has 2 heterocycles. The monoisotopic (exact) mass is 437 g/mol. The number of carbonyl (C=O) groups is 1. The molecule has 162 valence electrons. The number of methoxy groups -OCH3 is 2. The van der Waals surface area contributed by atoms with Gasteiger partial charge >= 0.3 is 0 Å². The molecule has 0 aliphatic carbocycles. The normalized spacial score (nSPS) is 16.4. The highest BCUT2D eigenvalue weighted by Gasteiger charge is 2.36. The van der Waals surface area contributed by atoms with E-state index in [2.05, 4.69) is 6.07 Å². The number of rotatable bonds is 6. The average Bonchev–Trinajstić information content (AvgIpc) is 3.32. The second-order valence-electron chi connectivity index (χ2n) is 7.68. The molecule has 2 aromatic carbocycles. The minimum Gasteiger partial charge on any atom is -0.493 e. The van der Waals surface area contributed by atoms with Crippen LogP contribution in [0.4, 0.5) is 0 Å². The number of aryl methyl sites for hydroxylation is 1. The van der Waals surface area contributed by atoms with Crippen LogP contribution in [0.2, 0.25) is 0 Å². The molecule has 3 aromatic rings. The van der Waals surface area contributed by atoms with E-state index in [4.69, 9.17) is 14.2 Å². The van der Waals surface area contributed by atoms with Crippen LogP contribution in [0.3, 0.4) is 0 Å². The number of hydrogen-bond acceptors (Lipinski definition) is 5. The van der Waals surface area contributed by atoms with Crippen LogP contribution in [0.15, 0.2) is 53.9 Å². The molecular weight excluding hydrogens is 410 g/mol. The third kappa shape index (κ3) is 4.26. The SMILES string of the molecule is COc1cc2c(cc1OC)[C@H](c1cccs1)N(C(=O)[C@H](C)Oc1ccc(C)cc1)CC2. The van der Waals surface area contributed by atoms with Crippen LogP contribution < -0.4 is 14.2 Å². The molecule has 0 bridgehead atoms. The molecule has 0 N–H and O–H groups in total. The lowest BCUT2D eigenvalue weighted by Gasteiger charge is -2.38. The fourth-order valence-corrected chi connectivity index (χ4v) is 4.90. The van der Waals surface area contributed by atoms with E-state index in [1.165, 1.54) is 5.56 Å². The molecule has 1 aliphatic heterocycles. The molecule has 0 saturated heterocycles. The molecule has 1 amide bonds. The van der Waals surface area contributed by atoms with Crippen LogP contribution in [0.5, 0.6) is 17.2 Å². The summed E-state index contributed by atoms with van der Waals surface area (Å²) in [4.78, 5) is 16.6. The van der Waals surface area contributed by atoms with Crippen molar-refractivity contribution < 1.29 is 19.0 Å². The topological polar surface area (TPSA) is 48.0 Å². The van der Waals surface area contributed by atoms with Gasteiger partial charge in [0.05, 0.1) is 20.3 Å². The summed E-state index contributed by atoms with van der Waals surface area (Å²) < 4.78 is 17.0. The molecule has 0 spiro atoms. The van der Waals surface area contributed by atoms with Gasteiger partial charge in [-0.1, -0.05) is 23.8 Å². The minimum absolute atomic E-state index is 0.0283. The Morgan fingerprint density at radius 3 is 2.45 bits per heavy atom. The van der Waals surface area contributed by atoms with E-state index in [-0.39, 0.29) is 11.9 Å². The maximum atomic E-state index is 13.5. The predicted octanol–water partition coefficient (Wildman–Crippen LogP) is 5.02. The molecule has 6 heteroatoms. The molecule has 0 saturated carbocycles. The molecule has 0 radical (unpaired) electrons. The van der Waals surface area contributed by atoms with Gasteiger partial charge in [-0.25, -0.2) is 0 Å². The summed E-state index contributed by atoms with van der Waals surface area (Å²) in [7, 11) is 3.28. The third-order valence-corrected chi connectivity index (χ3v) is 6.58. The minimum atomic E-state index is -0.591. The van der Waals surface area contributed by atoms with Crippen molar-refractivity contribution in [3.63, 3.8) is 0 Å². The van der Waals surface area contributed by atoms with E-state index < -0.39 is 6.10 Å². The zero-order valence-electron chi connectivity index (χ0n) is 18.3. The molecule has 1 aromatic heterocycles. The van der Waals surface area contributed by atoms with E-state index >= 15 is 0 Å². The molecular formula is C25H27NO4S. The van der Waals surface area contributed by atoms with Crippen molar-refractivity contribution in [2.45, 2.75) is 32.4 Å². The number of hydrogen-bond donors (Lipinski definition) is 0. The number of fused-ring (bicyclic) bond motifs is 1. The quantitative estimate of drug-likeness (QED) is 0.544. The lowest BCUT2D eigenvalue weighted by molar-refractivity contribution is -0.140. The molecule has 0 fully saturated rings. The van der Waals surface area contributed by atoms with E-state index in [0.717, 1.165) is 22.4 Å². The Kier molecular flexibility index (Phi) is 6.18. The Labute approximate surface area is 187 Å². The number of nitrogens with zero attached hydrogens (tertiary/aromatic N) is 1. The van der Waals surface area contributed by atoms with Gasteiger partial charge in [0, 0.05) is 11.4 Å². The lowest BCUT2D eigenvalue weighted by atomic mass is 9.90. The number of carbonyl (C=O) groups excluding carboxylic acids is 1. The van der Waals surface area contributed by atoms with Gasteiger partial charge in [-0.15, -0.1) is 11.3 Å². The van der Waals surface area contributed by atoms with Crippen LogP contribution in [0, 0.1) is 6.92 Å². The van der Waals surface area contributed by atoms with Gasteiger partial charge in [0.15, 0.2) is 17.6 Å². The lowest BCUT2D eigenvalue weighted by Crippen LogP contribution is -2.46. The first-order valence-corrected chi connectivity index (χ1v) is 11.2. The largest absolute Gasteiger partial charge is 0.493 e. The Hall–Kier alpha value is -2.99. The van der Waals surface area contributed by atoms with Gasteiger partial charge in [0.25, 0.3) is 5.91 Å². The number of ether oxygens (including phenoxy) is 3. The van der Waals surface area contributed by atoms with Crippen molar-refractivity contribution in [3.05, 3.63) is 75.5 Å². The highest BCUT2D eigenvalue weighted by atomic mass is 32.1. The standard InChI is InChI=1S/C25H27NO4S/c1-16-7-9-19(10-8-16)30-17(2)25(27)26-12-11-18-14-21(28-3)22(29-4)15-20(18)24(26)23-6-5-13-31-23/h5-10,13-15,17,24H,11-12H2,1-4H3/t17-,24+/m0/s1. The number of amides is 1. The van der Waals surface area contributed by atoms with Crippen LogP contribution in [-0.2, 0) is 11.2 Å². The fraction of sp³-hybridized carbons (Fsp3) is 0.320. The molecule has 4 rings (SSSR count). The number of benzene rings is 2. The van der Waals surface area contributed by atoms with Gasteiger partial charge in [-0.05, 0) is 67.1 Å². The average molecular weight is 438 g/mol. The first kappa shape index (κ1) is 21.2. The highest BCUT2D eigenvalue weighted by Crippen LogP contribution is 2.42. The van der Waals surface area contributed by atoms with Crippen molar-refractivity contribution >= 4 is 17.2 Å². The first-order valence-electron chi connectivity index (χ1n) is 10.3. The zero-order chi connectivity index (χ0) is 22.0. The van der Waals surface area contributed by atoms with E-state index in [0.29, 0.717) is 23.8 Å². The smallest absolute Gasteiger partial charge is 0.264 e. The fourth-order valence-electron chi connectivity index (χ4n) is 4.04. The predicted molar refractivity (Wildman–Crippen MR) is 122 cm³/mol.